The molecule has 4 bridgehead atoms. The predicted octanol–water partition coefficient (Wildman–Crippen LogP) is 3.94. The highest BCUT2D eigenvalue weighted by atomic mass is 19.4. The molecule has 1 amide bonds. The van der Waals surface area contributed by atoms with Crippen LogP contribution >= 0.6 is 0 Å². The maximum absolute atomic E-state index is 13.6. The summed E-state index contributed by atoms with van der Waals surface area (Å²) >= 11 is 0. The number of carboxylic acid groups (broad SMARTS) is 1. The number of amides is 1. The summed E-state index contributed by atoms with van der Waals surface area (Å²) in [4.78, 5) is 31.6. The zero-order valence-electron chi connectivity index (χ0n) is 17.2. The highest BCUT2D eigenvalue weighted by Crippen LogP contribution is 2.49. The van der Waals surface area contributed by atoms with Crippen molar-refractivity contribution in [2.75, 3.05) is 4.90 Å². The minimum Gasteiger partial charge on any atom is -0.480 e. The number of pyridine rings is 1. The zero-order valence-corrected chi connectivity index (χ0v) is 17.2. The van der Waals surface area contributed by atoms with Crippen LogP contribution in [0.5, 0.6) is 0 Å². The molecule has 4 aliphatic rings. The van der Waals surface area contributed by atoms with E-state index in [0.717, 1.165) is 0 Å². The molecule has 4 fully saturated rings. The molecule has 5 rings (SSSR count). The molecule has 2 aliphatic carbocycles. The second-order valence-corrected chi connectivity index (χ2v) is 9.43. The molecular weight excluding hydrogens is 456 g/mol. The van der Waals surface area contributed by atoms with Crippen LogP contribution in [-0.4, -0.2) is 51.0 Å². The van der Waals surface area contributed by atoms with Gasteiger partial charge in [0, 0.05) is 12.1 Å². The molecule has 6 nitrogen and oxygen atoms in total. The summed E-state index contributed by atoms with van der Waals surface area (Å²) in [7, 11) is 0. The summed E-state index contributed by atoms with van der Waals surface area (Å²) in [6.45, 7) is 0. The Labute approximate surface area is 184 Å². The molecule has 2 aliphatic heterocycles. The van der Waals surface area contributed by atoms with Gasteiger partial charge in [-0.3, -0.25) is 4.79 Å². The molecule has 3 heterocycles. The number of carboxylic acids is 1. The van der Waals surface area contributed by atoms with Crippen LogP contribution in [-0.2, 0) is 21.9 Å². The normalized spacial score (nSPS) is 33.3. The monoisotopic (exact) mass is 477 g/mol. The Morgan fingerprint density at radius 2 is 1.48 bits per heavy atom. The van der Waals surface area contributed by atoms with Crippen LogP contribution in [0, 0.1) is 11.8 Å². The molecule has 0 radical (unpaired) electrons. The quantitative estimate of drug-likeness (QED) is 0.668. The Morgan fingerprint density at radius 3 is 2.09 bits per heavy atom. The number of halogens is 6. The van der Waals surface area contributed by atoms with Gasteiger partial charge in [0.1, 0.15) is 23.6 Å². The lowest BCUT2D eigenvalue weighted by Crippen LogP contribution is -2.58. The van der Waals surface area contributed by atoms with Crippen LogP contribution in [0.4, 0.5) is 32.2 Å². The van der Waals surface area contributed by atoms with E-state index in [1.54, 1.807) is 0 Å². The Balaban J connectivity index is 1.56. The molecule has 1 aromatic rings. The lowest BCUT2D eigenvalue weighted by atomic mass is 9.93. The number of nitrogens with zero attached hydrogens (tertiary/aromatic N) is 3. The number of alkyl halides is 6. The van der Waals surface area contributed by atoms with Gasteiger partial charge in [0.2, 0.25) is 5.91 Å². The summed E-state index contributed by atoms with van der Waals surface area (Å²) in [6.07, 6.45) is -6.71. The topological polar surface area (TPSA) is 73.7 Å². The first-order valence-corrected chi connectivity index (χ1v) is 10.9. The number of piperidine rings is 2. The lowest BCUT2D eigenvalue weighted by Gasteiger charge is -2.41. The Morgan fingerprint density at radius 1 is 0.879 bits per heavy atom. The van der Waals surface area contributed by atoms with Gasteiger partial charge in [0.15, 0.2) is 0 Å². The van der Waals surface area contributed by atoms with Gasteiger partial charge in [-0.2, -0.15) is 26.3 Å². The highest BCUT2D eigenvalue weighted by molar-refractivity contribution is 5.91. The molecule has 0 unspecified atom stereocenters. The number of aliphatic carboxylic acids is 1. The van der Waals surface area contributed by atoms with E-state index in [4.69, 9.17) is 0 Å². The third-order valence-corrected chi connectivity index (χ3v) is 7.62. The van der Waals surface area contributed by atoms with Gasteiger partial charge >= 0.3 is 18.3 Å². The number of rotatable bonds is 3. The van der Waals surface area contributed by atoms with Gasteiger partial charge in [0.05, 0.1) is 5.56 Å². The van der Waals surface area contributed by atoms with E-state index >= 15 is 0 Å². The van der Waals surface area contributed by atoms with Crippen molar-refractivity contribution >= 4 is 17.7 Å². The first-order chi connectivity index (χ1) is 15.4. The van der Waals surface area contributed by atoms with Gasteiger partial charge in [-0.15, -0.1) is 0 Å². The molecule has 180 valence electrons. The van der Waals surface area contributed by atoms with Crippen LogP contribution in [0.2, 0.25) is 0 Å². The third kappa shape index (κ3) is 3.52. The van der Waals surface area contributed by atoms with Gasteiger partial charge < -0.3 is 14.9 Å². The Bertz CT molecular complexity index is 964. The van der Waals surface area contributed by atoms with E-state index in [1.165, 1.54) is 9.80 Å². The predicted molar refractivity (Wildman–Crippen MR) is 101 cm³/mol. The largest absolute Gasteiger partial charge is 0.480 e. The van der Waals surface area contributed by atoms with Gasteiger partial charge in [0.25, 0.3) is 0 Å². The molecule has 1 N–H and O–H groups in total. The smallest absolute Gasteiger partial charge is 0.433 e. The van der Waals surface area contributed by atoms with Crippen LogP contribution in [0.15, 0.2) is 12.1 Å². The summed E-state index contributed by atoms with van der Waals surface area (Å²) < 4.78 is 80.3. The van der Waals surface area contributed by atoms with E-state index in [-0.39, 0.29) is 23.9 Å². The van der Waals surface area contributed by atoms with E-state index < -0.39 is 59.4 Å². The number of hydrogen-bond donors (Lipinski definition) is 1. The summed E-state index contributed by atoms with van der Waals surface area (Å²) in [5, 5.41) is 9.69. The number of aromatic nitrogens is 1. The second kappa shape index (κ2) is 7.23. The van der Waals surface area contributed by atoms with E-state index in [0.29, 0.717) is 44.6 Å². The minimum absolute atomic E-state index is 0.0332. The van der Waals surface area contributed by atoms with Crippen LogP contribution in [0.25, 0.3) is 0 Å². The molecule has 12 heteroatoms. The molecule has 0 spiro atoms. The van der Waals surface area contributed by atoms with Crippen molar-refractivity contribution in [3.05, 3.63) is 23.4 Å². The fraction of sp³-hybridized carbons (Fsp3) is 0.667. The Hall–Kier alpha value is -2.53. The first-order valence-electron chi connectivity index (χ1n) is 10.9. The second-order valence-electron chi connectivity index (χ2n) is 9.43. The summed E-state index contributed by atoms with van der Waals surface area (Å²) in [6, 6.07) is -2.22. The Kier molecular flexibility index (Phi) is 4.88. The number of hydrogen-bond acceptors (Lipinski definition) is 4. The number of anilines is 1. The SMILES string of the molecule is O=C(O)[C@@H]1[C@H]2CC[C@H](C2)N1C(=O)[C@@H]1[C@H]2CC[C@H](C2)N1c1cc(C(F)(F)F)cc(C(F)(F)F)n1. The molecule has 2 saturated heterocycles. The van der Waals surface area contributed by atoms with Gasteiger partial charge in [-0.25, -0.2) is 9.78 Å². The average Bonchev–Trinajstić information content (AvgIpc) is 3.50. The standard InChI is InChI=1S/C21H21F6N3O3/c22-20(23,24)11-7-14(21(25,26)27)28-15(8-11)29-12-3-1-9(5-12)16(29)18(31)30-13-4-2-10(6-13)17(30)19(32)33/h7-10,12-13,16-17H,1-6H2,(H,32,33)/t9-,10-,12+,13+,16-,17-/m0/s1. The molecule has 6 atom stereocenters. The lowest BCUT2D eigenvalue weighted by molar-refractivity contribution is -0.153. The van der Waals surface area contributed by atoms with E-state index in [2.05, 4.69) is 4.98 Å². The van der Waals surface area contributed by atoms with Crippen molar-refractivity contribution in [1.29, 1.82) is 0 Å². The van der Waals surface area contributed by atoms with E-state index in [9.17, 15) is 41.0 Å². The van der Waals surface area contributed by atoms with Crippen LogP contribution in [0.1, 0.15) is 49.8 Å². The van der Waals surface area contributed by atoms with Crippen LogP contribution in [0.3, 0.4) is 0 Å². The van der Waals surface area contributed by atoms with E-state index in [1.807, 2.05) is 0 Å². The highest BCUT2D eigenvalue weighted by Gasteiger charge is 2.57. The third-order valence-electron chi connectivity index (χ3n) is 7.62. The number of fused-ring (bicyclic) bond motifs is 4. The molecular formula is C21H21F6N3O3. The van der Waals surface area contributed by atoms with Crippen molar-refractivity contribution in [2.24, 2.45) is 11.8 Å². The fourth-order valence-corrected chi connectivity index (χ4v) is 6.37. The molecule has 1 aromatic heterocycles. The maximum Gasteiger partial charge on any atom is 0.433 e. The van der Waals surface area contributed by atoms with Crippen molar-refractivity contribution in [1.82, 2.24) is 9.88 Å². The average molecular weight is 477 g/mol. The van der Waals surface area contributed by atoms with Crippen molar-refractivity contribution < 1.29 is 41.0 Å². The number of carbonyl (C=O) groups is 2. The van der Waals surface area contributed by atoms with Crippen molar-refractivity contribution in [3.63, 3.8) is 0 Å². The van der Waals surface area contributed by atoms with Crippen LogP contribution < -0.4 is 4.90 Å². The summed E-state index contributed by atoms with van der Waals surface area (Å²) in [5.74, 6) is -2.68. The van der Waals surface area contributed by atoms with Crippen molar-refractivity contribution in [3.8, 4) is 0 Å². The molecule has 2 saturated carbocycles. The van der Waals surface area contributed by atoms with Crippen molar-refractivity contribution in [2.45, 2.75) is 75.0 Å². The molecule has 0 aromatic carbocycles. The fourth-order valence-electron chi connectivity index (χ4n) is 6.37. The van der Waals surface area contributed by atoms with Gasteiger partial charge in [-0.1, -0.05) is 0 Å². The maximum atomic E-state index is 13.6. The number of carbonyl (C=O) groups excluding carboxylic acids is 1. The zero-order chi connectivity index (χ0) is 23.9. The number of likely N-dealkylation sites (tertiary alicyclic amines) is 1. The molecule has 33 heavy (non-hydrogen) atoms. The minimum atomic E-state index is -5.10. The summed E-state index contributed by atoms with van der Waals surface area (Å²) in [5.41, 5.74) is -3.16. The first kappa shape index (κ1) is 22.3. The van der Waals surface area contributed by atoms with Gasteiger partial charge in [-0.05, 0) is 62.5 Å².